The Morgan fingerprint density at radius 2 is 2.00 bits per heavy atom. The van der Waals surface area contributed by atoms with Gasteiger partial charge in [0.25, 0.3) is 5.91 Å². The van der Waals surface area contributed by atoms with Gasteiger partial charge < -0.3 is 10.6 Å². The number of nitrogens with one attached hydrogen (secondary N) is 2. The monoisotopic (exact) mass is 334 g/mol. The van der Waals surface area contributed by atoms with Crippen molar-refractivity contribution >= 4 is 34.7 Å². The molecule has 0 radical (unpaired) electrons. The van der Waals surface area contributed by atoms with E-state index in [1.54, 1.807) is 11.4 Å². The van der Waals surface area contributed by atoms with E-state index >= 15 is 0 Å². The first-order chi connectivity index (χ1) is 11.0. The Balaban J connectivity index is 2.24. The number of aromatic nitrogens is 2. The van der Waals surface area contributed by atoms with Crippen LogP contribution >= 0.6 is 11.3 Å². The number of thiophene rings is 1. The Bertz CT molecular complexity index is 701. The maximum atomic E-state index is 12.5. The first kappa shape index (κ1) is 17.2. The second-order valence-corrected chi connectivity index (χ2v) is 6.30. The van der Waals surface area contributed by atoms with Crippen LogP contribution in [0.1, 0.15) is 55.0 Å². The van der Waals surface area contributed by atoms with Gasteiger partial charge in [-0.3, -0.25) is 9.59 Å². The summed E-state index contributed by atoms with van der Waals surface area (Å²) >= 11 is 1.30. The van der Waals surface area contributed by atoms with Gasteiger partial charge in [-0.25, -0.2) is 4.68 Å². The molecule has 2 heterocycles. The molecule has 0 fully saturated rings. The largest absolute Gasteiger partial charge is 0.325 e. The van der Waals surface area contributed by atoms with Crippen LogP contribution in [0.15, 0.2) is 17.5 Å². The summed E-state index contributed by atoms with van der Waals surface area (Å²) in [7, 11) is 0. The number of hydrogen-bond acceptors (Lipinski definition) is 4. The Morgan fingerprint density at radius 1 is 1.30 bits per heavy atom. The van der Waals surface area contributed by atoms with Gasteiger partial charge in [0.2, 0.25) is 5.91 Å². The molecule has 6 nitrogen and oxygen atoms in total. The minimum Gasteiger partial charge on any atom is -0.325 e. The highest BCUT2D eigenvalue weighted by atomic mass is 32.1. The normalized spacial score (nSPS) is 10.8. The first-order valence-corrected chi connectivity index (χ1v) is 8.56. The van der Waals surface area contributed by atoms with Crippen LogP contribution in [0.4, 0.5) is 11.5 Å². The number of carbonyl (C=O) groups excluding carboxylic acids is 2. The molecule has 124 valence electrons. The topological polar surface area (TPSA) is 76.0 Å². The molecule has 0 unspecified atom stereocenters. The second kappa shape index (κ2) is 7.41. The zero-order valence-electron chi connectivity index (χ0n) is 13.8. The first-order valence-electron chi connectivity index (χ1n) is 7.68. The summed E-state index contributed by atoms with van der Waals surface area (Å²) in [6.45, 7) is 7.53. The molecule has 0 bridgehead atoms. The molecule has 2 aromatic rings. The van der Waals surface area contributed by atoms with Gasteiger partial charge in [-0.2, -0.15) is 5.10 Å². The van der Waals surface area contributed by atoms with Crippen molar-refractivity contribution in [1.82, 2.24) is 9.78 Å². The van der Waals surface area contributed by atoms with E-state index in [2.05, 4.69) is 29.6 Å². The molecule has 2 rings (SSSR count). The maximum absolute atomic E-state index is 12.5. The third-order valence-corrected chi connectivity index (χ3v) is 4.48. The average molecular weight is 334 g/mol. The number of rotatable bonds is 6. The fourth-order valence-electron chi connectivity index (χ4n) is 2.47. The summed E-state index contributed by atoms with van der Waals surface area (Å²) in [5, 5.41) is 11.9. The van der Waals surface area contributed by atoms with Crippen LogP contribution in [-0.4, -0.2) is 21.6 Å². The number of nitrogens with zero attached hydrogens (tertiary/aromatic N) is 2. The molecule has 0 spiro atoms. The molecule has 2 amide bonds. The minimum atomic E-state index is -0.240. The van der Waals surface area contributed by atoms with E-state index in [1.807, 2.05) is 17.7 Å². The lowest BCUT2D eigenvalue weighted by Gasteiger charge is -2.17. The maximum Gasteiger partial charge on any atom is 0.269 e. The van der Waals surface area contributed by atoms with Crippen molar-refractivity contribution in [2.24, 2.45) is 0 Å². The van der Waals surface area contributed by atoms with Crippen molar-refractivity contribution in [3.05, 3.63) is 28.1 Å². The third-order valence-electron chi connectivity index (χ3n) is 3.57. The van der Waals surface area contributed by atoms with Gasteiger partial charge in [-0.05, 0) is 31.2 Å². The lowest BCUT2D eigenvalue weighted by atomic mass is 10.2. The van der Waals surface area contributed by atoms with Crippen molar-refractivity contribution in [3.63, 3.8) is 0 Å². The van der Waals surface area contributed by atoms with Crippen LogP contribution in [0.2, 0.25) is 0 Å². The molecule has 0 saturated heterocycles. The molecule has 0 aliphatic rings. The highest BCUT2D eigenvalue weighted by Crippen LogP contribution is 2.26. The van der Waals surface area contributed by atoms with Gasteiger partial charge in [0, 0.05) is 13.0 Å². The lowest BCUT2D eigenvalue weighted by Crippen LogP contribution is -2.19. The van der Waals surface area contributed by atoms with E-state index in [0.29, 0.717) is 16.4 Å². The molecule has 23 heavy (non-hydrogen) atoms. The Hall–Kier alpha value is -2.15. The Morgan fingerprint density at radius 3 is 2.61 bits per heavy atom. The van der Waals surface area contributed by atoms with E-state index in [9.17, 15) is 9.59 Å². The quantitative estimate of drug-likeness (QED) is 0.843. The fourth-order valence-corrected chi connectivity index (χ4v) is 3.21. The average Bonchev–Trinajstić information content (AvgIpc) is 3.07. The highest BCUT2D eigenvalue weighted by Gasteiger charge is 2.19. The van der Waals surface area contributed by atoms with Crippen LogP contribution in [-0.2, 0) is 4.79 Å². The minimum absolute atomic E-state index is 0.199. The van der Waals surface area contributed by atoms with E-state index in [-0.39, 0.29) is 17.9 Å². The van der Waals surface area contributed by atoms with Crippen LogP contribution < -0.4 is 10.6 Å². The fraction of sp³-hybridized carbons (Fsp3) is 0.438. The predicted octanol–water partition coefficient (Wildman–Crippen LogP) is 3.82. The molecular formula is C16H22N4O2S. The van der Waals surface area contributed by atoms with Crippen molar-refractivity contribution in [3.8, 4) is 0 Å². The molecule has 0 aromatic carbocycles. The summed E-state index contributed by atoms with van der Waals surface area (Å²) in [6.07, 6.45) is 1.88. The molecule has 0 saturated carbocycles. The lowest BCUT2D eigenvalue weighted by molar-refractivity contribution is -0.114. The van der Waals surface area contributed by atoms with Gasteiger partial charge in [-0.1, -0.05) is 13.8 Å². The van der Waals surface area contributed by atoms with E-state index in [1.165, 1.54) is 18.3 Å². The summed E-state index contributed by atoms with van der Waals surface area (Å²) in [5.74, 6) is 0.245. The Kier molecular flexibility index (Phi) is 5.54. The number of anilines is 2. The summed E-state index contributed by atoms with van der Waals surface area (Å²) < 4.78 is 1.87. The van der Waals surface area contributed by atoms with E-state index < -0.39 is 0 Å². The number of hydrogen-bond donors (Lipinski definition) is 2. The van der Waals surface area contributed by atoms with Crippen LogP contribution in [0.3, 0.4) is 0 Å². The number of carbonyl (C=O) groups is 2. The molecule has 2 aromatic heterocycles. The van der Waals surface area contributed by atoms with Crippen LogP contribution in [0.25, 0.3) is 0 Å². The summed E-state index contributed by atoms with van der Waals surface area (Å²) in [4.78, 5) is 24.2. The standard InChI is InChI=1S/C16H22N4O2S/c1-5-12(6-2)20-14(9-10(3)19-20)18-16(22)15-13(7-8-23-15)17-11(4)21/h7-9,12H,5-6H2,1-4H3,(H,17,21)(H,18,22). The van der Waals surface area contributed by atoms with Gasteiger partial charge >= 0.3 is 0 Å². The van der Waals surface area contributed by atoms with Crippen LogP contribution in [0, 0.1) is 6.92 Å². The molecule has 2 N–H and O–H groups in total. The molecule has 0 aliphatic heterocycles. The second-order valence-electron chi connectivity index (χ2n) is 5.38. The zero-order valence-corrected chi connectivity index (χ0v) is 14.7. The van der Waals surface area contributed by atoms with Crippen molar-refractivity contribution in [2.45, 2.75) is 46.6 Å². The molecular weight excluding hydrogens is 312 g/mol. The van der Waals surface area contributed by atoms with Gasteiger partial charge in [0.1, 0.15) is 10.7 Å². The van der Waals surface area contributed by atoms with Crippen molar-refractivity contribution in [2.75, 3.05) is 10.6 Å². The number of aryl methyl sites for hydroxylation is 1. The number of amides is 2. The SMILES string of the molecule is CCC(CC)n1nc(C)cc1NC(=O)c1sccc1NC(C)=O. The third kappa shape index (κ3) is 3.98. The van der Waals surface area contributed by atoms with Gasteiger partial charge in [0.15, 0.2) is 0 Å². The Labute approximate surface area is 139 Å². The molecule has 0 atom stereocenters. The van der Waals surface area contributed by atoms with Crippen molar-refractivity contribution in [1.29, 1.82) is 0 Å². The van der Waals surface area contributed by atoms with Crippen molar-refractivity contribution < 1.29 is 9.59 Å². The van der Waals surface area contributed by atoms with Crippen LogP contribution in [0.5, 0.6) is 0 Å². The highest BCUT2D eigenvalue weighted by molar-refractivity contribution is 7.12. The van der Waals surface area contributed by atoms with Gasteiger partial charge in [0.05, 0.1) is 17.4 Å². The molecule has 0 aliphatic carbocycles. The molecule has 7 heteroatoms. The summed E-state index contributed by atoms with van der Waals surface area (Å²) in [5.41, 5.74) is 1.39. The summed E-state index contributed by atoms with van der Waals surface area (Å²) in [6, 6.07) is 3.84. The van der Waals surface area contributed by atoms with E-state index in [4.69, 9.17) is 0 Å². The van der Waals surface area contributed by atoms with E-state index in [0.717, 1.165) is 18.5 Å². The predicted molar refractivity (Wildman–Crippen MR) is 93.2 cm³/mol. The smallest absolute Gasteiger partial charge is 0.269 e. The van der Waals surface area contributed by atoms with Gasteiger partial charge in [-0.15, -0.1) is 11.3 Å². The zero-order chi connectivity index (χ0) is 17.0.